The third-order valence-corrected chi connectivity index (χ3v) is 3.71. The highest BCUT2D eigenvalue weighted by atomic mass is 16.6. The van der Waals surface area contributed by atoms with E-state index in [4.69, 9.17) is 4.74 Å². The van der Waals surface area contributed by atoms with E-state index in [1.165, 1.54) is 19.2 Å². The second-order valence-electron chi connectivity index (χ2n) is 5.12. The summed E-state index contributed by atoms with van der Waals surface area (Å²) in [6, 6.07) is 14.2. The molecule has 0 saturated carbocycles. The summed E-state index contributed by atoms with van der Waals surface area (Å²) in [5.74, 6) is -0.491. The third kappa shape index (κ3) is 2.78. The standard InChI is InChI=1S/C17H14N2O4/c1-23-17(20)16-14(9-11-5-3-2-4-6-11)13-8-7-12(19(21)22)10-15(13)18-16/h2-8,10,18H,9H2,1H3. The fourth-order valence-electron chi connectivity index (χ4n) is 2.62. The van der Waals surface area contributed by atoms with Gasteiger partial charge in [0.2, 0.25) is 0 Å². The molecular formula is C17H14N2O4. The summed E-state index contributed by atoms with van der Waals surface area (Å²) in [7, 11) is 1.31. The van der Waals surface area contributed by atoms with Crippen molar-refractivity contribution in [3.8, 4) is 0 Å². The molecule has 0 bridgehead atoms. The normalized spacial score (nSPS) is 10.7. The number of nitrogens with zero attached hydrogens (tertiary/aromatic N) is 1. The fraction of sp³-hybridized carbons (Fsp3) is 0.118. The number of aromatic nitrogens is 1. The molecule has 0 aliphatic carbocycles. The number of methoxy groups -OCH3 is 1. The van der Waals surface area contributed by atoms with Crippen molar-refractivity contribution in [2.45, 2.75) is 6.42 Å². The van der Waals surface area contributed by atoms with Crippen molar-refractivity contribution in [1.29, 1.82) is 0 Å². The maximum atomic E-state index is 12.0. The molecule has 0 spiro atoms. The number of esters is 1. The topological polar surface area (TPSA) is 85.2 Å². The number of rotatable bonds is 4. The van der Waals surface area contributed by atoms with Crippen LogP contribution in [0.15, 0.2) is 48.5 Å². The maximum Gasteiger partial charge on any atom is 0.354 e. The maximum absolute atomic E-state index is 12.0. The van der Waals surface area contributed by atoms with Crippen molar-refractivity contribution in [1.82, 2.24) is 4.98 Å². The first-order valence-corrected chi connectivity index (χ1v) is 7.01. The predicted molar refractivity (Wildman–Crippen MR) is 85.5 cm³/mol. The van der Waals surface area contributed by atoms with Crippen LogP contribution in [0.5, 0.6) is 0 Å². The zero-order chi connectivity index (χ0) is 16.4. The summed E-state index contributed by atoms with van der Waals surface area (Å²) in [6.45, 7) is 0. The van der Waals surface area contributed by atoms with Gasteiger partial charge in [0.05, 0.1) is 17.5 Å². The lowest BCUT2D eigenvalue weighted by Gasteiger charge is -2.04. The van der Waals surface area contributed by atoms with E-state index in [0.717, 1.165) is 16.5 Å². The highest BCUT2D eigenvalue weighted by Crippen LogP contribution is 2.28. The van der Waals surface area contributed by atoms with Crippen LogP contribution in [0.25, 0.3) is 10.9 Å². The van der Waals surface area contributed by atoms with Gasteiger partial charge in [0.25, 0.3) is 5.69 Å². The predicted octanol–water partition coefficient (Wildman–Crippen LogP) is 3.45. The van der Waals surface area contributed by atoms with Gasteiger partial charge in [-0.25, -0.2) is 4.79 Å². The highest BCUT2D eigenvalue weighted by Gasteiger charge is 2.20. The number of ether oxygens (including phenoxy) is 1. The van der Waals surface area contributed by atoms with E-state index in [0.29, 0.717) is 17.6 Å². The number of hydrogen-bond acceptors (Lipinski definition) is 4. The number of aromatic amines is 1. The molecule has 1 aromatic heterocycles. The van der Waals surface area contributed by atoms with Gasteiger partial charge in [0.1, 0.15) is 5.69 Å². The van der Waals surface area contributed by atoms with Crippen LogP contribution in [0.4, 0.5) is 5.69 Å². The Morgan fingerprint density at radius 1 is 1.22 bits per heavy atom. The summed E-state index contributed by atoms with van der Waals surface area (Å²) >= 11 is 0. The second-order valence-corrected chi connectivity index (χ2v) is 5.12. The number of hydrogen-bond donors (Lipinski definition) is 1. The number of nitrogens with one attached hydrogen (secondary N) is 1. The van der Waals surface area contributed by atoms with Crippen LogP contribution in [-0.2, 0) is 11.2 Å². The molecule has 1 heterocycles. The minimum absolute atomic E-state index is 0.0265. The molecule has 23 heavy (non-hydrogen) atoms. The Morgan fingerprint density at radius 2 is 1.96 bits per heavy atom. The van der Waals surface area contributed by atoms with Gasteiger partial charge in [-0.3, -0.25) is 10.1 Å². The van der Waals surface area contributed by atoms with Gasteiger partial charge >= 0.3 is 5.97 Å². The van der Waals surface area contributed by atoms with Gasteiger partial charge in [0, 0.05) is 23.9 Å². The minimum Gasteiger partial charge on any atom is -0.464 e. The van der Waals surface area contributed by atoms with Crippen molar-refractivity contribution in [3.63, 3.8) is 0 Å². The number of H-pyrrole nitrogens is 1. The average Bonchev–Trinajstić information content (AvgIpc) is 2.93. The Balaban J connectivity index is 2.16. The lowest BCUT2D eigenvalue weighted by atomic mass is 10.0. The van der Waals surface area contributed by atoms with Gasteiger partial charge in [-0.15, -0.1) is 0 Å². The summed E-state index contributed by atoms with van der Waals surface area (Å²) < 4.78 is 4.82. The summed E-state index contributed by atoms with van der Waals surface area (Å²) in [6.07, 6.45) is 0.531. The zero-order valence-electron chi connectivity index (χ0n) is 12.4. The molecule has 2 aromatic carbocycles. The van der Waals surface area contributed by atoms with Gasteiger partial charge in [-0.05, 0) is 17.2 Å². The molecule has 3 rings (SSSR count). The number of nitro benzene ring substituents is 1. The van der Waals surface area contributed by atoms with Crippen molar-refractivity contribution in [3.05, 3.63) is 75.5 Å². The molecule has 6 heteroatoms. The van der Waals surface area contributed by atoms with Crippen LogP contribution in [0, 0.1) is 10.1 Å². The Bertz CT molecular complexity index is 884. The molecule has 116 valence electrons. The van der Waals surface area contributed by atoms with E-state index in [2.05, 4.69) is 4.98 Å². The van der Waals surface area contributed by atoms with Crippen LogP contribution in [0.1, 0.15) is 21.6 Å². The molecule has 0 saturated heterocycles. The number of non-ortho nitro benzene ring substituents is 1. The lowest BCUT2D eigenvalue weighted by molar-refractivity contribution is -0.384. The van der Waals surface area contributed by atoms with Crippen LogP contribution >= 0.6 is 0 Å². The van der Waals surface area contributed by atoms with Crippen molar-refractivity contribution in [2.24, 2.45) is 0 Å². The third-order valence-electron chi connectivity index (χ3n) is 3.71. The largest absolute Gasteiger partial charge is 0.464 e. The van der Waals surface area contributed by atoms with Crippen molar-refractivity contribution in [2.75, 3.05) is 7.11 Å². The van der Waals surface area contributed by atoms with Crippen LogP contribution in [-0.4, -0.2) is 23.0 Å². The monoisotopic (exact) mass is 310 g/mol. The van der Waals surface area contributed by atoms with E-state index >= 15 is 0 Å². The van der Waals surface area contributed by atoms with Gasteiger partial charge < -0.3 is 9.72 Å². The molecule has 0 aliphatic rings. The Kier molecular flexibility index (Phi) is 3.80. The zero-order valence-corrected chi connectivity index (χ0v) is 12.4. The van der Waals surface area contributed by atoms with E-state index in [1.54, 1.807) is 6.07 Å². The van der Waals surface area contributed by atoms with Crippen molar-refractivity contribution >= 4 is 22.6 Å². The molecule has 0 atom stereocenters. The number of nitro groups is 1. The average molecular weight is 310 g/mol. The van der Waals surface area contributed by atoms with Gasteiger partial charge in [0.15, 0.2) is 0 Å². The number of benzene rings is 2. The Labute approximate surface area is 131 Å². The fourth-order valence-corrected chi connectivity index (χ4v) is 2.62. The summed E-state index contributed by atoms with van der Waals surface area (Å²) in [4.78, 5) is 25.4. The molecular weight excluding hydrogens is 296 g/mol. The molecule has 0 unspecified atom stereocenters. The van der Waals surface area contributed by atoms with E-state index in [1.807, 2.05) is 30.3 Å². The Hall–Kier alpha value is -3.15. The molecule has 6 nitrogen and oxygen atoms in total. The quantitative estimate of drug-likeness (QED) is 0.454. The molecule has 0 radical (unpaired) electrons. The van der Waals surface area contributed by atoms with Crippen LogP contribution < -0.4 is 0 Å². The number of carbonyl (C=O) groups excluding carboxylic acids is 1. The SMILES string of the molecule is COC(=O)c1[nH]c2cc([N+](=O)[O-])ccc2c1Cc1ccccc1. The second kappa shape index (κ2) is 5.92. The van der Waals surface area contributed by atoms with Crippen molar-refractivity contribution < 1.29 is 14.5 Å². The number of carbonyl (C=O) groups is 1. The van der Waals surface area contributed by atoms with Gasteiger partial charge in [-0.2, -0.15) is 0 Å². The summed E-state index contributed by atoms with van der Waals surface area (Å²) in [5, 5.41) is 11.7. The van der Waals surface area contributed by atoms with E-state index in [-0.39, 0.29) is 5.69 Å². The molecule has 0 amide bonds. The molecule has 3 aromatic rings. The van der Waals surface area contributed by atoms with Gasteiger partial charge in [-0.1, -0.05) is 30.3 Å². The minimum atomic E-state index is -0.491. The molecule has 0 aliphatic heterocycles. The molecule has 0 fully saturated rings. The Morgan fingerprint density at radius 3 is 2.61 bits per heavy atom. The van der Waals surface area contributed by atoms with E-state index in [9.17, 15) is 14.9 Å². The first kappa shape index (κ1) is 14.8. The first-order valence-electron chi connectivity index (χ1n) is 7.01. The highest BCUT2D eigenvalue weighted by molar-refractivity contribution is 5.99. The first-order chi connectivity index (χ1) is 11.1. The smallest absolute Gasteiger partial charge is 0.354 e. The lowest BCUT2D eigenvalue weighted by Crippen LogP contribution is -2.05. The van der Waals surface area contributed by atoms with Crippen LogP contribution in [0.3, 0.4) is 0 Å². The summed E-state index contributed by atoms with van der Waals surface area (Å²) in [5.41, 5.74) is 2.66. The van der Waals surface area contributed by atoms with E-state index < -0.39 is 10.9 Å². The molecule has 1 N–H and O–H groups in total. The van der Waals surface area contributed by atoms with Crippen LogP contribution in [0.2, 0.25) is 0 Å². The number of fused-ring (bicyclic) bond motifs is 1.